The van der Waals surface area contributed by atoms with E-state index >= 15 is 0 Å². The number of anilines is 1. The maximum absolute atomic E-state index is 12.8. The first-order valence-corrected chi connectivity index (χ1v) is 12.0. The topological polar surface area (TPSA) is 93.4 Å². The number of rotatable bonds is 6. The zero-order valence-corrected chi connectivity index (χ0v) is 20.3. The van der Waals surface area contributed by atoms with Gasteiger partial charge in [0.15, 0.2) is 10.9 Å². The van der Waals surface area contributed by atoms with Crippen LogP contribution in [0.25, 0.3) is 15.5 Å². The number of thiocarbonyl (C=S) groups is 1. The Kier molecular flexibility index (Phi) is 6.47. The minimum absolute atomic E-state index is 0.178. The molecule has 0 fully saturated rings. The molecule has 0 saturated carbocycles. The number of carbonyl (C=O) groups is 1. The van der Waals surface area contributed by atoms with Crippen LogP contribution in [-0.2, 0) is 6.61 Å². The van der Waals surface area contributed by atoms with Crippen LogP contribution in [0.1, 0.15) is 21.7 Å². The van der Waals surface area contributed by atoms with Crippen molar-refractivity contribution >= 4 is 45.2 Å². The van der Waals surface area contributed by atoms with Gasteiger partial charge in [-0.2, -0.15) is 9.61 Å². The van der Waals surface area contributed by atoms with E-state index < -0.39 is 0 Å². The standard InChI is InChI=1S/C25H20N6O2S2/c1-16-28-29-25-31(16)30-23(35-25)20-12-5-6-13-21(20)26-24(34)27-22(32)18-10-7-11-19(14-18)33-15-17-8-3-2-4-9-17/h2-14H,15H2,1H3,(H2,26,27,32,34). The lowest BCUT2D eigenvalue weighted by atomic mass is 10.2. The van der Waals surface area contributed by atoms with Crippen molar-refractivity contribution in [3.8, 4) is 16.3 Å². The Bertz CT molecular complexity index is 1510. The summed E-state index contributed by atoms with van der Waals surface area (Å²) in [7, 11) is 0. The van der Waals surface area contributed by atoms with Crippen LogP contribution in [0.5, 0.6) is 5.75 Å². The van der Waals surface area contributed by atoms with Crippen molar-refractivity contribution < 1.29 is 9.53 Å². The number of aryl methyl sites for hydroxylation is 1. The predicted molar refractivity (Wildman–Crippen MR) is 140 cm³/mol. The zero-order chi connectivity index (χ0) is 24.2. The molecule has 10 heteroatoms. The third-order valence-electron chi connectivity index (χ3n) is 5.12. The highest BCUT2D eigenvalue weighted by Crippen LogP contribution is 2.31. The van der Waals surface area contributed by atoms with E-state index in [4.69, 9.17) is 17.0 Å². The number of carbonyl (C=O) groups excluding carboxylic acids is 1. The molecule has 5 rings (SSSR count). The molecule has 0 aliphatic rings. The minimum atomic E-state index is -0.334. The van der Waals surface area contributed by atoms with Crippen LogP contribution in [0.4, 0.5) is 5.69 Å². The third-order valence-corrected chi connectivity index (χ3v) is 6.26. The van der Waals surface area contributed by atoms with Gasteiger partial charge in [-0.15, -0.1) is 10.2 Å². The Morgan fingerprint density at radius 3 is 2.66 bits per heavy atom. The average molecular weight is 501 g/mol. The molecule has 35 heavy (non-hydrogen) atoms. The van der Waals surface area contributed by atoms with Crippen molar-refractivity contribution in [3.63, 3.8) is 0 Å². The lowest BCUT2D eigenvalue weighted by molar-refractivity contribution is 0.0977. The van der Waals surface area contributed by atoms with Gasteiger partial charge in [0.05, 0.1) is 5.69 Å². The summed E-state index contributed by atoms with van der Waals surface area (Å²) >= 11 is 6.84. The van der Waals surface area contributed by atoms with Crippen LogP contribution in [-0.4, -0.2) is 30.8 Å². The third kappa shape index (κ3) is 5.18. The number of amides is 1. The lowest BCUT2D eigenvalue weighted by Gasteiger charge is -2.13. The van der Waals surface area contributed by atoms with Gasteiger partial charge in [0.2, 0.25) is 4.96 Å². The van der Waals surface area contributed by atoms with Gasteiger partial charge in [-0.05, 0) is 55.0 Å². The van der Waals surface area contributed by atoms with E-state index in [9.17, 15) is 4.79 Å². The van der Waals surface area contributed by atoms with Crippen molar-refractivity contribution in [1.29, 1.82) is 0 Å². The molecule has 0 saturated heterocycles. The molecule has 174 valence electrons. The molecular formula is C25H20N6O2S2. The molecule has 0 atom stereocenters. The first-order chi connectivity index (χ1) is 17.1. The molecule has 0 aliphatic carbocycles. The Balaban J connectivity index is 1.26. The SMILES string of the molecule is Cc1nnc2sc(-c3ccccc3NC(=S)NC(=O)c3cccc(OCc4ccccc4)c3)nn12. The van der Waals surface area contributed by atoms with Crippen LogP contribution in [0.3, 0.4) is 0 Å². The number of nitrogens with zero attached hydrogens (tertiary/aromatic N) is 4. The zero-order valence-electron chi connectivity index (χ0n) is 18.6. The van der Waals surface area contributed by atoms with Crippen LogP contribution in [0.2, 0.25) is 0 Å². The Morgan fingerprint density at radius 2 is 1.83 bits per heavy atom. The maximum atomic E-state index is 12.8. The quantitative estimate of drug-likeness (QED) is 0.321. The molecule has 2 heterocycles. The van der Waals surface area contributed by atoms with Crippen LogP contribution >= 0.6 is 23.6 Å². The van der Waals surface area contributed by atoms with Crippen molar-refractivity contribution in [2.45, 2.75) is 13.5 Å². The molecule has 0 aliphatic heterocycles. The molecule has 0 unspecified atom stereocenters. The number of ether oxygens (including phenoxy) is 1. The molecule has 0 radical (unpaired) electrons. The number of hydrogen-bond donors (Lipinski definition) is 2. The Morgan fingerprint density at radius 1 is 1.03 bits per heavy atom. The van der Waals surface area contributed by atoms with E-state index in [2.05, 4.69) is 25.9 Å². The predicted octanol–water partition coefficient (Wildman–Crippen LogP) is 4.87. The van der Waals surface area contributed by atoms with Gasteiger partial charge in [0.25, 0.3) is 5.91 Å². The molecule has 1 amide bonds. The van der Waals surface area contributed by atoms with Crippen molar-refractivity contribution in [1.82, 2.24) is 25.1 Å². The first-order valence-electron chi connectivity index (χ1n) is 10.7. The molecular weight excluding hydrogens is 480 g/mol. The first kappa shape index (κ1) is 22.6. The molecule has 8 nitrogen and oxygen atoms in total. The van der Waals surface area contributed by atoms with Gasteiger partial charge in [-0.25, -0.2) is 0 Å². The van der Waals surface area contributed by atoms with E-state index in [0.29, 0.717) is 28.7 Å². The van der Waals surface area contributed by atoms with Crippen LogP contribution in [0, 0.1) is 6.92 Å². The largest absolute Gasteiger partial charge is 0.489 e. The summed E-state index contributed by atoms with van der Waals surface area (Å²) < 4.78 is 7.53. The molecule has 0 bridgehead atoms. The van der Waals surface area contributed by atoms with Gasteiger partial charge in [0, 0.05) is 11.1 Å². The second kappa shape index (κ2) is 10.00. The number of aromatic nitrogens is 4. The maximum Gasteiger partial charge on any atom is 0.257 e. The van der Waals surface area contributed by atoms with Gasteiger partial charge in [-0.3, -0.25) is 10.1 Å². The van der Waals surface area contributed by atoms with Gasteiger partial charge in [-0.1, -0.05) is 59.9 Å². The summed E-state index contributed by atoms with van der Waals surface area (Å²) in [5.74, 6) is 0.981. The van der Waals surface area contributed by atoms with E-state index in [1.807, 2.05) is 67.6 Å². The number of fused-ring (bicyclic) bond motifs is 1. The fourth-order valence-corrected chi connectivity index (χ4v) is 4.53. The highest BCUT2D eigenvalue weighted by Gasteiger charge is 2.15. The fourth-order valence-electron chi connectivity index (χ4n) is 3.40. The molecule has 3 aromatic carbocycles. The second-order valence-corrected chi connectivity index (χ2v) is 8.97. The highest BCUT2D eigenvalue weighted by atomic mass is 32.1. The van der Waals surface area contributed by atoms with E-state index in [1.54, 1.807) is 22.7 Å². The fraction of sp³-hybridized carbons (Fsp3) is 0.0800. The van der Waals surface area contributed by atoms with Gasteiger partial charge in [0.1, 0.15) is 17.4 Å². The Labute approximate surface area is 210 Å². The minimum Gasteiger partial charge on any atom is -0.489 e. The van der Waals surface area contributed by atoms with Crippen molar-refractivity contribution in [2.24, 2.45) is 0 Å². The van der Waals surface area contributed by atoms with Gasteiger partial charge >= 0.3 is 0 Å². The summed E-state index contributed by atoms with van der Waals surface area (Å²) in [5, 5.41) is 19.5. The van der Waals surface area contributed by atoms with E-state index in [-0.39, 0.29) is 11.0 Å². The summed E-state index contributed by atoms with van der Waals surface area (Å²) in [6, 6.07) is 24.4. The normalized spacial score (nSPS) is 10.8. The average Bonchev–Trinajstić information content (AvgIpc) is 3.45. The number of para-hydroxylation sites is 1. The molecule has 2 N–H and O–H groups in total. The monoisotopic (exact) mass is 500 g/mol. The van der Waals surface area contributed by atoms with E-state index in [1.165, 1.54) is 11.3 Å². The van der Waals surface area contributed by atoms with E-state index in [0.717, 1.165) is 21.8 Å². The number of nitrogens with one attached hydrogen (secondary N) is 2. The highest BCUT2D eigenvalue weighted by molar-refractivity contribution is 7.80. The lowest BCUT2D eigenvalue weighted by Crippen LogP contribution is -2.34. The summed E-state index contributed by atoms with van der Waals surface area (Å²) in [5.41, 5.74) is 3.05. The van der Waals surface area contributed by atoms with Gasteiger partial charge < -0.3 is 10.1 Å². The Hall–Kier alpha value is -4.15. The van der Waals surface area contributed by atoms with Crippen LogP contribution in [0.15, 0.2) is 78.9 Å². The second-order valence-electron chi connectivity index (χ2n) is 7.60. The summed E-state index contributed by atoms with van der Waals surface area (Å²) in [4.78, 5) is 13.5. The smallest absolute Gasteiger partial charge is 0.257 e. The number of hydrogen-bond acceptors (Lipinski definition) is 7. The van der Waals surface area contributed by atoms with Crippen LogP contribution < -0.4 is 15.4 Å². The molecule has 2 aromatic heterocycles. The summed E-state index contributed by atoms with van der Waals surface area (Å²) in [6.07, 6.45) is 0. The number of benzene rings is 3. The van der Waals surface area contributed by atoms with Crippen molar-refractivity contribution in [3.05, 3.63) is 95.8 Å². The van der Waals surface area contributed by atoms with Crippen molar-refractivity contribution in [2.75, 3.05) is 5.32 Å². The summed E-state index contributed by atoms with van der Waals surface area (Å²) in [6.45, 7) is 2.26. The molecule has 5 aromatic rings. The molecule has 0 spiro atoms.